The number of fused-ring (bicyclic) bond motifs is 3. The SMILES string of the molecule is Cc1cc2oc(=O)cc(-c3oc4ccccc4c3NC(=O)c3ccc4c(c3)OCO4)c2cc1C. The molecule has 0 radical (unpaired) electrons. The molecule has 0 spiro atoms. The van der Waals surface area contributed by atoms with E-state index in [9.17, 15) is 9.59 Å². The average Bonchev–Trinajstić information content (AvgIpc) is 3.44. The third-order valence-corrected chi connectivity index (χ3v) is 6.07. The standard InChI is InChI=1S/C27H19NO6/c1-14-9-18-19(12-24(29)33-22(18)10-15(14)2)26-25(17-5-3-4-6-20(17)34-26)28-27(30)16-7-8-21-23(11-16)32-13-31-21/h3-12H,13H2,1-2H3,(H,28,30). The highest BCUT2D eigenvalue weighted by Gasteiger charge is 2.23. The number of hydrogen-bond donors (Lipinski definition) is 1. The van der Waals surface area contributed by atoms with Crippen LogP contribution in [-0.4, -0.2) is 12.7 Å². The first-order valence-electron chi connectivity index (χ1n) is 10.8. The van der Waals surface area contributed by atoms with E-state index in [-0.39, 0.29) is 12.7 Å². The molecule has 0 saturated heterocycles. The van der Waals surface area contributed by atoms with Crippen molar-refractivity contribution in [1.29, 1.82) is 0 Å². The molecule has 168 valence electrons. The Bertz CT molecular complexity index is 1680. The van der Waals surface area contributed by atoms with Gasteiger partial charge in [-0.3, -0.25) is 4.79 Å². The smallest absolute Gasteiger partial charge is 0.336 e. The molecule has 0 aliphatic carbocycles. The molecule has 0 saturated carbocycles. The number of aryl methyl sites for hydroxylation is 2. The molecule has 6 rings (SSSR count). The Hall–Kier alpha value is -4.52. The fourth-order valence-electron chi connectivity index (χ4n) is 4.19. The minimum Gasteiger partial charge on any atom is -0.454 e. The molecular formula is C27H19NO6. The van der Waals surface area contributed by atoms with E-state index in [1.165, 1.54) is 6.07 Å². The van der Waals surface area contributed by atoms with Crippen molar-refractivity contribution in [3.8, 4) is 22.8 Å². The van der Waals surface area contributed by atoms with Crippen molar-refractivity contribution >= 4 is 33.5 Å². The Labute approximate surface area is 193 Å². The highest BCUT2D eigenvalue weighted by atomic mass is 16.7. The van der Waals surface area contributed by atoms with Crippen LogP contribution in [0.25, 0.3) is 33.3 Å². The summed E-state index contributed by atoms with van der Waals surface area (Å²) in [5.74, 6) is 1.16. The number of rotatable bonds is 3. The number of ether oxygens (including phenoxy) is 2. The fraction of sp³-hybridized carbons (Fsp3) is 0.111. The van der Waals surface area contributed by atoms with E-state index < -0.39 is 5.63 Å². The lowest BCUT2D eigenvalue weighted by atomic mass is 10.0. The van der Waals surface area contributed by atoms with Gasteiger partial charge in [0.05, 0.1) is 5.69 Å². The van der Waals surface area contributed by atoms with Gasteiger partial charge in [-0.25, -0.2) is 4.79 Å². The number of benzene rings is 3. The quantitative estimate of drug-likeness (QED) is 0.347. The number of amides is 1. The lowest BCUT2D eigenvalue weighted by Crippen LogP contribution is -2.12. The highest BCUT2D eigenvalue weighted by molar-refractivity contribution is 6.13. The minimum absolute atomic E-state index is 0.124. The van der Waals surface area contributed by atoms with Crippen LogP contribution >= 0.6 is 0 Å². The number of anilines is 1. The van der Waals surface area contributed by atoms with Crippen molar-refractivity contribution in [3.63, 3.8) is 0 Å². The van der Waals surface area contributed by atoms with Gasteiger partial charge in [0.25, 0.3) is 5.91 Å². The largest absolute Gasteiger partial charge is 0.454 e. The molecule has 3 aromatic carbocycles. The van der Waals surface area contributed by atoms with Crippen LogP contribution in [0.1, 0.15) is 21.5 Å². The summed E-state index contributed by atoms with van der Waals surface area (Å²) in [5, 5.41) is 4.43. The van der Waals surface area contributed by atoms with E-state index >= 15 is 0 Å². The molecule has 7 nitrogen and oxygen atoms in total. The molecule has 1 amide bonds. The Morgan fingerprint density at radius 1 is 0.824 bits per heavy atom. The van der Waals surface area contributed by atoms with Crippen LogP contribution in [-0.2, 0) is 0 Å². The summed E-state index contributed by atoms with van der Waals surface area (Å²) in [4.78, 5) is 25.7. The van der Waals surface area contributed by atoms with Gasteiger partial charge in [0, 0.05) is 28.0 Å². The fourth-order valence-corrected chi connectivity index (χ4v) is 4.19. The number of carbonyl (C=O) groups excluding carboxylic acids is 1. The monoisotopic (exact) mass is 453 g/mol. The zero-order chi connectivity index (χ0) is 23.4. The third-order valence-electron chi connectivity index (χ3n) is 6.07. The van der Waals surface area contributed by atoms with E-state index in [1.807, 2.05) is 50.2 Å². The molecule has 5 aromatic rings. The minimum atomic E-state index is -0.501. The Kier molecular flexibility index (Phi) is 4.45. The number of furan rings is 1. The summed E-state index contributed by atoms with van der Waals surface area (Å²) in [6.07, 6.45) is 0. The van der Waals surface area contributed by atoms with Gasteiger partial charge in [-0.15, -0.1) is 0 Å². The van der Waals surface area contributed by atoms with Crippen LogP contribution in [0.2, 0.25) is 0 Å². The van der Waals surface area contributed by atoms with Crippen molar-refractivity contribution < 1.29 is 23.1 Å². The van der Waals surface area contributed by atoms with E-state index in [0.29, 0.717) is 45.2 Å². The van der Waals surface area contributed by atoms with Gasteiger partial charge in [0.2, 0.25) is 6.79 Å². The molecule has 0 atom stereocenters. The number of carbonyl (C=O) groups is 1. The van der Waals surface area contributed by atoms with Gasteiger partial charge >= 0.3 is 5.63 Å². The van der Waals surface area contributed by atoms with Crippen LogP contribution < -0.4 is 20.4 Å². The van der Waals surface area contributed by atoms with Crippen molar-refractivity contribution in [2.24, 2.45) is 0 Å². The van der Waals surface area contributed by atoms with Crippen LogP contribution in [0.4, 0.5) is 5.69 Å². The summed E-state index contributed by atoms with van der Waals surface area (Å²) in [7, 11) is 0. The van der Waals surface area contributed by atoms with Crippen LogP contribution in [0.5, 0.6) is 11.5 Å². The second-order valence-electron chi connectivity index (χ2n) is 8.24. The lowest BCUT2D eigenvalue weighted by molar-refractivity contribution is 0.102. The number of hydrogen-bond acceptors (Lipinski definition) is 6. The summed E-state index contributed by atoms with van der Waals surface area (Å²) >= 11 is 0. The predicted octanol–water partition coefficient (Wildman–Crippen LogP) is 5.80. The maximum atomic E-state index is 13.2. The molecule has 1 aliphatic rings. The van der Waals surface area contributed by atoms with Gasteiger partial charge in [-0.2, -0.15) is 0 Å². The molecule has 3 heterocycles. The van der Waals surface area contributed by atoms with Crippen molar-refractivity contribution in [2.75, 3.05) is 12.1 Å². The normalized spacial score (nSPS) is 12.4. The molecule has 0 unspecified atom stereocenters. The Morgan fingerprint density at radius 3 is 2.50 bits per heavy atom. The van der Waals surface area contributed by atoms with Crippen molar-refractivity contribution in [2.45, 2.75) is 13.8 Å². The number of nitrogens with one attached hydrogen (secondary N) is 1. The van der Waals surface area contributed by atoms with Crippen LogP contribution in [0, 0.1) is 13.8 Å². The zero-order valence-corrected chi connectivity index (χ0v) is 18.4. The van der Waals surface area contributed by atoms with Gasteiger partial charge in [-0.05, 0) is 67.4 Å². The Morgan fingerprint density at radius 2 is 1.62 bits per heavy atom. The van der Waals surface area contributed by atoms with E-state index in [4.69, 9.17) is 18.3 Å². The Balaban J connectivity index is 1.53. The maximum Gasteiger partial charge on any atom is 0.336 e. The van der Waals surface area contributed by atoms with Gasteiger partial charge in [-0.1, -0.05) is 12.1 Å². The molecular weight excluding hydrogens is 434 g/mol. The van der Waals surface area contributed by atoms with Gasteiger partial charge in [0.15, 0.2) is 17.3 Å². The summed E-state index contributed by atoms with van der Waals surface area (Å²) < 4.78 is 22.4. The first kappa shape index (κ1) is 20.1. The average molecular weight is 453 g/mol. The maximum absolute atomic E-state index is 13.2. The first-order valence-corrected chi connectivity index (χ1v) is 10.8. The molecule has 2 aromatic heterocycles. The summed E-state index contributed by atoms with van der Waals surface area (Å²) in [5.41, 5.74) is 4.03. The molecule has 34 heavy (non-hydrogen) atoms. The predicted molar refractivity (Wildman–Crippen MR) is 128 cm³/mol. The topological polar surface area (TPSA) is 90.9 Å². The third kappa shape index (κ3) is 3.21. The second kappa shape index (κ2) is 7.52. The highest BCUT2D eigenvalue weighted by Crippen LogP contribution is 2.41. The van der Waals surface area contributed by atoms with Gasteiger partial charge < -0.3 is 23.6 Å². The molecule has 0 fully saturated rings. The van der Waals surface area contributed by atoms with Crippen molar-refractivity contribution in [3.05, 3.63) is 87.8 Å². The van der Waals surface area contributed by atoms with E-state index in [0.717, 1.165) is 21.9 Å². The first-order chi connectivity index (χ1) is 16.5. The molecule has 1 aliphatic heterocycles. The molecule has 0 bridgehead atoms. The van der Waals surface area contributed by atoms with Crippen LogP contribution in [0.3, 0.4) is 0 Å². The lowest BCUT2D eigenvalue weighted by Gasteiger charge is -2.10. The number of para-hydroxylation sites is 1. The molecule has 7 heteroatoms. The van der Waals surface area contributed by atoms with Crippen LogP contribution in [0.15, 0.2) is 74.3 Å². The van der Waals surface area contributed by atoms with E-state index in [2.05, 4.69) is 5.32 Å². The van der Waals surface area contributed by atoms with E-state index in [1.54, 1.807) is 18.2 Å². The van der Waals surface area contributed by atoms with Crippen molar-refractivity contribution in [1.82, 2.24) is 0 Å². The second-order valence-corrected chi connectivity index (χ2v) is 8.24. The zero-order valence-electron chi connectivity index (χ0n) is 18.4. The molecule has 1 N–H and O–H groups in total. The summed E-state index contributed by atoms with van der Waals surface area (Å²) in [6.45, 7) is 4.07. The van der Waals surface area contributed by atoms with Gasteiger partial charge in [0.1, 0.15) is 11.2 Å². The summed E-state index contributed by atoms with van der Waals surface area (Å²) in [6, 6.07) is 17.6.